The Morgan fingerprint density at radius 2 is 1.69 bits per heavy atom. The minimum Gasteiger partial charge on any atom is -0.327 e. The third kappa shape index (κ3) is 3.33. The molecule has 1 saturated carbocycles. The molecule has 3 aromatic rings. The lowest BCUT2D eigenvalue weighted by molar-refractivity contribution is 0.0669. The molecule has 5 nitrogen and oxygen atoms in total. The van der Waals surface area contributed by atoms with Crippen molar-refractivity contribution in [3.05, 3.63) is 78.4 Å². The van der Waals surface area contributed by atoms with Crippen LogP contribution in [0.1, 0.15) is 41.9 Å². The molecule has 2 aromatic heterocycles. The second-order valence-electron chi connectivity index (χ2n) is 6.54. The van der Waals surface area contributed by atoms with Crippen molar-refractivity contribution in [3.8, 4) is 11.4 Å². The largest absolute Gasteiger partial charge is 0.327 e. The van der Waals surface area contributed by atoms with E-state index in [1.165, 1.54) is 0 Å². The molecule has 0 saturated heterocycles. The molecule has 0 radical (unpaired) electrons. The zero-order valence-electron chi connectivity index (χ0n) is 14.6. The highest BCUT2D eigenvalue weighted by molar-refractivity contribution is 5.94. The van der Waals surface area contributed by atoms with Gasteiger partial charge in [0.15, 0.2) is 5.82 Å². The standard InChI is InChI=1S/C21H20N4O/c1-15(19-9-5-6-12-22-19)25(18-10-11-18)21(26)17-13-23-20(24-14-17)16-7-3-2-4-8-16/h2-9,12-15,18H,10-11H2,1H3. The molecule has 1 fully saturated rings. The van der Waals surface area contributed by atoms with Crippen molar-refractivity contribution in [3.63, 3.8) is 0 Å². The summed E-state index contributed by atoms with van der Waals surface area (Å²) in [4.78, 5) is 28.2. The van der Waals surface area contributed by atoms with Crippen LogP contribution in [0.3, 0.4) is 0 Å². The van der Waals surface area contributed by atoms with E-state index < -0.39 is 0 Å². The minimum atomic E-state index is -0.0787. The molecule has 0 spiro atoms. The average Bonchev–Trinajstić information content (AvgIpc) is 3.54. The maximum absolute atomic E-state index is 13.1. The number of benzene rings is 1. The van der Waals surface area contributed by atoms with Crippen LogP contribution in [0.5, 0.6) is 0 Å². The van der Waals surface area contributed by atoms with Gasteiger partial charge < -0.3 is 4.90 Å². The Morgan fingerprint density at radius 1 is 1.00 bits per heavy atom. The van der Waals surface area contributed by atoms with Crippen LogP contribution in [0.15, 0.2) is 67.1 Å². The second-order valence-corrected chi connectivity index (χ2v) is 6.54. The topological polar surface area (TPSA) is 59.0 Å². The summed E-state index contributed by atoms with van der Waals surface area (Å²) in [5.74, 6) is 0.586. The van der Waals surface area contributed by atoms with Crippen LogP contribution < -0.4 is 0 Å². The van der Waals surface area contributed by atoms with Gasteiger partial charge in [0.25, 0.3) is 5.91 Å². The van der Waals surface area contributed by atoms with Crippen molar-refractivity contribution in [1.82, 2.24) is 19.9 Å². The number of pyridine rings is 1. The molecule has 2 heterocycles. The first-order valence-corrected chi connectivity index (χ1v) is 8.85. The molecule has 1 aliphatic carbocycles. The first kappa shape index (κ1) is 16.4. The zero-order chi connectivity index (χ0) is 17.9. The summed E-state index contributed by atoms with van der Waals surface area (Å²) in [7, 11) is 0. The Bertz CT molecular complexity index is 877. The monoisotopic (exact) mass is 344 g/mol. The van der Waals surface area contributed by atoms with E-state index in [1.807, 2.05) is 60.4 Å². The van der Waals surface area contributed by atoms with Gasteiger partial charge in [-0.3, -0.25) is 9.78 Å². The lowest BCUT2D eigenvalue weighted by Crippen LogP contribution is -2.36. The first-order chi connectivity index (χ1) is 12.7. The van der Waals surface area contributed by atoms with Gasteiger partial charge in [0.1, 0.15) is 0 Å². The summed E-state index contributed by atoms with van der Waals surface area (Å²) in [6, 6.07) is 15.7. The van der Waals surface area contributed by atoms with Gasteiger partial charge in [0, 0.05) is 30.2 Å². The summed E-state index contributed by atoms with van der Waals surface area (Å²) in [5, 5.41) is 0. The molecular weight excluding hydrogens is 324 g/mol. The first-order valence-electron chi connectivity index (χ1n) is 8.85. The van der Waals surface area contributed by atoms with Crippen LogP contribution in [0.4, 0.5) is 0 Å². The third-order valence-corrected chi connectivity index (χ3v) is 4.64. The van der Waals surface area contributed by atoms with Gasteiger partial charge >= 0.3 is 0 Å². The normalized spacial score (nSPS) is 14.7. The maximum Gasteiger partial charge on any atom is 0.257 e. The fourth-order valence-electron chi connectivity index (χ4n) is 3.10. The lowest BCUT2D eigenvalue weighted by Gasteiger charge is -2.29. The zero-order valence-corrected chi connectivity index (χ0v) is 14.6. The summed E-state index contributed by atoms with van der Waals surface area (Å²) in [6.07, 6.45) is 7.08. The number of carbonyl (C=O) groups is 1. The van der Waals surface area contributed by atoms with Crippen molar-refractivity contribution in [1.29, 1.82) is 0 Å². The Hall–Kier alpha value is -3.08. The fourth-order valence-corrected chi connectivity index (χ4v) is 3.10. The highest BCUT2D eigenvalue weighted by Crippen LogP contribution is 2.35. The number of rotatable bonds is 5. The molecular formula is C21H20N4O. The molecule has 0 bridgehead atoms. The number of nitrogens with zero attached hydrogens (tertiary/aromatic N) is 4. The molecule has 1 aromatic carbocycles. The van der Waals surface area contributed by atoms with Crippen LogP contribution in [0.25, 0.3) is 11.4 Å². The Morgan fingerprint density at radius 3 is 2.31 bits per heavy atom. The smallest absolute Gasteiger partial charge is 0.257 e. The molecule has 0 N–H and O–H groups in total. The average molecular weight is 344 g/mol. The summed E-state index contributed by atoms with van der Waals surface area (Å²) in [6.45, 7) is 2.03. The minimum absolute atomic E-state index is 0.0368. The quantitative estimate of drug-likeness (QED) is 0.704. The summed E-state index contributed by atoms with van der Waals surface area (Å²) < 4.78 is 0. The highest BCUT2D eigenvalue weighted by Gasteiger charge is 2.37. The van der Waals surface area contributed by atoms with E-state index in [4.69, 9.17) is 0 Å². The van der Waals surface area contributed by atoms with Gasteiger partial charge in [-0.1, -0.05) is 36.4 Å². The van der Waals surface area contributed by atoms with Gasteiger partial charge in [0.2, 0.25) is 0 Å². The number of hydrogen-bond donors (Lipinski definition) is 0. The van der Waals surface area contributed by atoms with Crippen LogP contribution in [-0.4, -0.2) is 31.8 Å². The highest BCUT2D eigenvalue weighted by atomic mass is 16.2. The molecule has 1 aliphatic rings. The number of hydrogen-bond acceptors (Lipinski definition) is 4. The Balaban J connectivity index is 1.58. The van der Waals surface area contributed by atoms with E-state index in [2.05, 4.69) is 15.0 Å². The van der Waals surface area contributed by atoms with E-state index in [9.17, 15) is 4.79 Å². The van der Waals surface area contributed by atoms with Crippen molar-refractivity contribution < 1.29 is 4.79 Å². The molecule has 4 rings (SSSR count). The number of amides is 1. The van der Waals surface area contributed by atoms with Crippen LogP contribution in [0.2, 0.25) is 0 Å². The Labute approximate surface area is 152 Å². The molecule has 5 heteroatoms. The fraction of sp³-hybridized carbons (Fsp3) is 0.238. The van der Waals surface area contributed by atoms with E-state index in [0.29, 0.717) is 11.4 Å². The van der Waals surface area contributed by atoms with Crippen LogP contribution in [0, 0.1) is 0 Å². The predicted molar refractivity (Wildman–Crippen MR) is 99.3 cm³/mol. The molecule has 1 atom stereocenters. The van der Waals surface area contributed by atoms with Crippen LogP contribution >= 0.6 is 0 Å². The molecule has 1 amide bonds. The molecule has 0 aliphatic heterocycles. The molecule has 1 unspecified atom stereocenters. The van der Waals surface area contributed by atoms with Crippen molar-refractivity contribution in [2.75, 3.05) is 0 Å². The van der Waals surface area contributed by atoms with Gasteiger partial charge in [-0.25, -0.2) is 9.97 Å². The maximum atomic E-state index is 13.1. The number of carbonyl (C=O) groups excluding carboxylic acids is 1. The van der Waals surface area contributed by atoms with Gasteiger partial charge in [0.05, 0.1) is 17.3 Å². The molecule has 26 heavy (non-hydrogen) atoms. The van der Waals surface area contributed by atoms with Crippen molar-refractivity contribution >= 4 is 5.91 Å². The SMILES string of the molecule is CC(c1ccccn1)N(C(=O)c1cnc(-c2ccccc2)nc1)C1CC1. The van der Waals surface area contributed by atoms with E-state index in [1.54, 1.807) is 18.6 Å². The number of aromatic nitrogens is 3. The third-order valence-electron chi connectivity index (χ3n) is 4.64. The van der Waals surface area contributed by atoms with Gasteiger partial charge in [-0.2, -0.15) is 0 Å². The van der Waals surface area contributed by atoms with Gasteiger partial charge in [-0.15, -0.1) is 0 Å². The Kier molecular flexibility index (Phi) is 4.44. The summed E-state index contributed by atoms with van der Waals surface area (Å²) in [5.41, 5.74) is 2.35. The second kappa shape index (κ2) is 7.04. The van der Waals surface area contributed by atoms with Gasteiger partial charge in [-0.05, 0) is 31.9 Å². The van der Waals surface area contributed by atoms with Crippen molar-refractivity contribution in [2.24, 2.45) is 0 Å². The van der Waals surface area contributed by atoms with E-state index in [-0.39, 0.29) is 18.0 Å². The van der Waals surface area contributed by atoms with Crippen molar-refractivity contribution in [2.45, 2.75) is 31.8 Å². The lowest BCUT2D eigenvalue weighted by atomic mass is 10.1. The van der Waals surface area contributed by atoms with Crippen LogP contribution in [-0.2, 0) is 0 Å². The van der Waals surface area contributed by atoms with E-state index >= 15 is 0 Å². The summed E-state index contributed by atoms with van der Waals surface area (Å²) >= 11 is 0. The molecule has 130 valence electrons. The predicted octanol–water partition coefficient (Wildman–Crippen LogP) is 3.90. The van der Waals surface area contributed by atoms with E-state index in [0.717, 1.165) is 24.1 Å².